The average Bonchev–Trinajstić information content (AvgIpc) is 1.68. The number of nitrogens with zero attached hydrogens (tertiary/aromatic N) is 1. The molecule has 0 saturated heterocycles. The fourth-order valence-electron chi connectivity index (χ4n) is 0.166. The summed E-state index contributed by atoms with van der Waals surface area (Å²) in [6.45, 7) is 1.89. The van der Waals surface area contributed by atoms with E-state index in [1.54, 1.807) is 21.6 Å². The Morgan fingerprint density at radius 2 is 2.29 bits per heavy atom. The minimum absolute atomic E-state index is 0.134. The minimum atomic E-state index is 0.134. The van der Waals surface area contributed by atoms with Crippen molar-refractivity contribution in [2.75, 3.05) is 6.26 Å². The van der Waals surface area contributed by atoms with Crippen LogP contribution in [0.15, 0.2) is 0 Å². The predicted octanol–water partition coefficient (Wildman–Crippen LogP) is 1.91. The zero-order valence-electron chi connectivity index (χ0n) is 4.34. The van der Waals surface area contributed by atoms with Crippen LogP contribution in [0.25, 0.3) is 0 Å². The van der Waals surface area contributed by atoms with Crippen LogP contribution in [-0.4, -0.2) is 11.5 Å². The number of nitriles is 1. The Morgan fingerprint density at radius 1 is 1.71 bits per heavy atom. The van der Waals surface area contributed by atoms with Gasteiger partial charge in [0.1, 0.15) is 0 Å². The molecule has 0 aliphatic rings. The second-order valence-electron chi connectivity index (χ2n) is 1.03. The molecule has 0 radical (unpaired) electrons. The van der Waals surface area contributed by atoms with Gasteiger partial charge >= 0.3 is 0 Å². The Labute approximate surface area is 51.9 Å². The fraction of sp³-hybridized carbons (Fsp3) is 0.750. The second-order valence-corrected chi connectivity index (χ2v) is 3.84. The normalized spacial score (nSPS) is 12.7. The highest BCUT2D eigenvalue weighted by Crippen LogP contribution is 2.21. The molecule has 1 nitrogen and oxygen atoms in total. The monoisotopic (exact) mass is 133 g/mol. The van der Waals surface area contributed by atoms with Crippen LogP contribution in [-0.2, 0) is 0 Å². The van der Waals surface area contributed by atoms with Crippen molar-refractivity contribution < 1.29 is 0 Å². The molecular formula is C4H7NS2. The standard InChI is InChI=1S/C4H7NS2/c1-4(3-5)7-6-2/h4H,1-2H3. The van der Waals surface area contributed by atoms with Gasteiger partial charge in [0.05, 0.1) is 11.3 Å². The maximum atomic E-state index is 8.18. The molecule has 0 aromatic heterocycles. The third kappa shape index (κ3) is 4.03. The van der Waals surface area contributed by atoms with Crippen LogP contribution in [0.5, 0.6) is 0 Å². The Hall–Kier alpha value is 0.190. The molecule has 0 heterocycles. The first kappa shape index (κ1) is 7.19. The third-order valence-electron chi connectivity index (χ3n) is 0.422. The molecule has 1 atom stereocenters. The first-order chi connectivity index (χ1) is 3.31. The topological polar surface area (TPSA) is 23.8 Å². The highest BCUT2D eigenvalue weighted by molar-refractivity contribution is 8.76. The van der Waals surface area contributed by atoms with E-state index in [1.165, 1.54) is 0 Å². The third-order valence-corrected chi connectivity index (χ3v) is 2.45. The van der Waals surface area contributed by atoms with Gasteiger partial charge < -0.3 is 0 Å². The van der Waals surface area contributed by atoms with Gasteiger partial charge in [0.15, 0.2) is 0 Å². The van der Waals surface area contributed by atoms with E-state index in [2.05, 4.69) is 6.07 Å². The van der Waals surface area contributed by atoms with E-state index in [0.717, 1.165) is 0 Å². The largest absolute Gasteiger partial charge is 0.197 e. The van der Waals surface area contributed by atoms with Gasteiger partial charge in [-0.2, -0.15) is 5.26 Å². The number of hydrogen-bond donors (Lipinski definition) is 0. The summed E-state index contributed by atoms with van der Waals surface area (Å²) in [5.41, 5.74) is 0. The molecule has 0 bridgehead atoms. The molecular weight excluding hydrogens is 126 g/mol. The molecule has 0 aliphatic carbocycles. The number of rotatable bonds is 2. The molecule has 1 unspecified atom stereocenters. The van der Waals surface area contributed by atoms with Crippen molar-refractivity contribution in [1.29, 1.82) is 5.26 Å². The molecule has 40 valence electrons. The summed E-state index contributed by atoms with van der Waals surface area (Å²) >= 11 is 0. The lowest BCUT2D eigenvalue weighted by molar-refractivity contribution is 1.25. The molecule has 0 amide bonds. The summed E-state index contributed by atoms with van der Waals surface area (Å²) < 4.78 is 0. The van der Waals surface area contributed by atoms with Gasteiger partial charge in [-0.05, 0) is 13.2 Å². The molecule has 0 aromatic rings. The smallest absolute Gasteiger partial charge is 0.0991 e. The van der Waals surface area contributed by atoms with Crippen molar-refractivity contribution in [3.05, 3.63) is 0 Å². The lowest BCUT2D eigenvalue weighted by Crippen LogP contribution is -1.83. The highest BCUT2D eigenvalue weighted by atomic mass is 33.1. The maximum absolute atomic E-state index is 8.18. The van der Waals surface area contributed by atoms with Gasteiger partial charge in [-0.15, -0.1) is 0 Å². The van der Waals surface area contributed by atoms with E-state index in [1.807, 2.05) is 13.2 Å². The van der Waals surface area contributed by atoms with Crippen molar-refractivity contribution in [3.8, 4) is 6.07 Å². The maximum Gasteiger partial charge on any atom is 0.0991 e. The molecule has 0 fully saturated rings. The van der Waals surface area contributed by atoms with Crippen molar-refractivity contribution in [3.63, 3.8) is 0 Å². The van der Waals surface area contributed by atoms with Crippen LogP contribution in [0.4, 0.5) is 0 Å². The van der Waals surface area contributed by atoms with E-state index >= 15 is 0 Å². The van der Waals surface area contributed by atoms with Crippen LogP contribution < -0.4 is 0 Å². The van der Waals surface area contributed by atoms with Gasteiger partial charge in [0.2, 0.25) is 0 Å². The quantitative estimate of drug-likeness (QED) is 0.538. The zero-order chi connectivity index (χ0) is 5.70. The molecule has 7 heavy (non-hydrogen) atoms. The summed E-state index contributed by atoms with van der Waals surface area (Å²) in [7, 11) is 3.22. The van der Waals surface area contributed by atoms with E-state index < -0.39 is 0 Å². The van der Waals surface area contributed by atoms with Gasteiger partial charge in [-0.25, -0.2) is 0 Å². The van der Waals surface area contributed by atoms with E-state index in [0.29, 0.717) is 0 Å². The molecule has 0 N–H and O–H groups in total. The van der Waals surface area contributed by atoms with E-state index in [-0.39, 0.29) is 5.25 Å². The molecule has 0 aliphatic heterocycles. The first-order valence-electron chi connectivity index (χ1n) is 1.90. The van der Waals surface area contributed by atoms with Crippen molar-refractivity contribution in [2.45, 2.75) is 12.2 Å². The van der Waals surface area contributed by atoms with Gasteiger partial charge in [0.25, 0.3) is 0 Å². The van der Waals surface area contributed by atoms with Crippen molar-refractivity contribution >= 4 is 21.6 Å². The lowest BCUT2D eigenvalue weighted by Gasteiger charge is -1.92. The summed E-state index contributed by atoms with van der Waals surface area (Å²) in [6, 6.07) is 2.11. The first-order valence-corrected chi connectivity index (χ1v) is 4.52. The van der Waals surface area contributed by atoms with Gasteiger partial charge in [-0.3, -0.25) is 0 Å². The van der Waals surface area contributed by atoms with Crippen LogP contribution in [0.3, 0.4) is 0 Å². The Kier molecular flexibility index (Phi) is 4.47. The summed E-state index contributed by atoms with van der Waals surface area (Å²) in [5, 5.41) is 8.32. The van der Waals surface area contributed by atoms with Gasteiger partial charge in [0, 0.05) is 0 Å². The Balaban J connectivity index is 3.04. The zero-order valence-corrected chi connectivity index (χ0v) is 5.97. The number of hydrogen-bond acceptors (Lipinski definition) is 3. The minimum Gasteiger partial charge on any atom is -0.197 e. The molecule has 0 rings (SSSR count). The summed E-state index contributed by atoms with van der Waals surface area (Å²) in [4.78, 5) is 0. The van der Waals surface area contributed by atoms with E-state index in [9.17, 15) is 0 Å². The van der Waals surface area contributed by atoms with Crippen molar-refractivity contribution in [1.82, 2.24) is 0 Å². The molecule has 0 saturated carbocycles. The molecule has 3 heteroatoms. The molecule has 0 spiro atoms. The Bertz CT molecular complexity index is 76.2. The van der Waals surface area contributed by atoms with Crippen LogP contribution in [0, 0.1) is 11.3 Å². The summed E-state index contributed by atoms with van der Waals surface area (Å²) in [6.07, 6.45) is 1.97. The fourth-order valence-corrected chi connectivity index (χ4v) is 1.49. The Morgan fingerprint density at radius 3 is 2.43 bits per heavy atom. The lowest BCUT2D eigenvalue weighted by atomic mass is 10.5. The predicted molar refractivity (Wildman–Crippen MR) is 36.2 cm³/mol. The van der Waals surface area contributed by atoms with Gasteiger partial charge in [-0.1, -0.05) is 21.6 Å². The van der Waals surface area contributed by atoms with Crippen molar-refractivity contribution in [2.24, 2.45) is 0 Å². The summed E-state index contributed by atoms with van der Waals surface area (Å²) in [5.74, 6) is 0. The van der Waals surface area contributed by atoms with Crippen LogP contribution in [0.2, 0.25) is 0 Å². The van der Waals surface area contributed by atoms with Crippen LogP contribution >= 0.6 is 21.6 Å². The SMILES string of the molecule is CSSC(C)C#N. The average molecular weight is 133 g/mol. The molecule has 0 aromatic carbocycles. The van der Waals surface area contributed by atoms with Crippen LogP contribution in [0.1, 0.15) is 6.92 Å². The second kappa shape index (κ2) is 4.35. The highest BCUT2D eigenvalue weighted by Gasteiger charge is 1.94. The van der Waals surface area contributed by atoms with E-state index in [4.69, 9.17) is 5.26 Å².